The van der Waals surface area contributed by atoms with Crippen LogP contribution in [0.25, 0.3) is 0 Å². The second-order valence-corrected chi connectivity index (χ2v) is 5.87. The van der Waals surface area contributed by atoms with Gasteiger partial charge in [-0.2, -0.15) is 0 Å². The van der Waals surface area contributed by atoms with Crippen LogP contribution >= 0.6 is 0 Å². The van der Waals surface area contributed by atoms with E-state index in [9.17, 15) is 9.59 Å². The quantitative estimate of drug-likeness (QED) is 0.331. The van der Waals surface area contributed by atoms with E-state index in [0.29, 0.717) is 6.42 Å². The van der Waals surface area contributed by atoms with Crippen molar-refractivity contribution in [2.45, 2.75) is 58.3 Å². The maximum atomic E-state index is 11.9. The maximum Gasteiger partial charge on any atom is 0.303 e. The smallest absolute Gasteiger partial charge is 0.303 e. The minimum atomic E-state index is -0.751. The number of ketones is 1. The molecule has 0 saturated carbocycles. The molecule has 0 aromatic heterocycles. The predicted octanol–water partition coefficient (Wildman–Crippen LogP) is 5.01. The SMILES string of the molecule is CCCCC/C=C\C=C1\C(=O)C=C[C@@H]1C/C=C/CCCC(=O)O. The van der Waals surface area contributed by atoms with Gasteiger partial charge in [-0.1, -0.05) is 56.2 Å². The second kappa shape index (κ2) is 11.6. The second-order valence-electron chi connectivity index (χ2n) is 5.87. The molecule has 0 heterocycles. The lowest BCUT2D eigenvalue weighted by molar-refractivity contribution is -0.137. The first kappa shape index (κ1) is 19.1. The Balaban J connectivity index is 2.38. The van der Waals surface area contributed by atoms with Crippen LogP contribution in [0.15, 0.2) is 48.1 Å². The van der Waals surface area contributed by atoms with Crippen molar-refractivity contribution in [2.24, 2.45) is 5.92 Å². The van der Waals surface area contributed by atoms with Crippen LogP contribution in [0.2, 0.25) is 0 Å². The number of rotatable bonds is 11. The molecule has 1 atom stereocenters. The number of carbonyl (C=O) groups is 2. The highest BCUT2D eigenvalue weighted by Gasteiger charge is 2.20. The molecule has 0 aromatic carbocycles. The van der Waals surface area contributed by atoms with Gasteiger partial charge in [-0.05, 0) is 38.2 Å². The summed E-state index contributed by atoms with van der Waals surface area (Å²) in [4.78, 5) is 22.3. The highest BCUT2D eigenvalue weighted by molar-refractivity contribution is 6.07. The number of aliphatic carboxylic acids is 1. The molecule has 0 aliphatic heterocycles. The van der Waals surface area contributed by atoms with Crippen LogP contribution in [-0.4, -0.2) is 16.9 Å². The van der Waals surface area contributed by atoms with Gasteiger partial charge in [0.1, 0.15) is 0 Å². The molecule has 1 rings (SSSR count). The molecule has 0 aromatic rings. The van der Waals surface area contributed by atoms with Gasteiger partial charge in [-0.25, -0.2) is 0 Å². The van der Waals surface area contributed by atoms with Crippen molar-refractivity contribution in [1.82, 2.24) is 0 Å². The third-order valence-electron chi connectivity index (χ3n) is 3.87. The minimum Gasteiger partial charge on any atom is -0.481 e. The maximum absolute atomic E-state index is 11.9. The Kier molecular flexibility index (Phi) is 9.69. The van der Waals surface area contributed by atoms with Crippen LogP contribution < -0.4 is 0 Å². The third-order valence-corrected chi connectivity index (χ3v) is 3.87. The Morgan fingerprint density at radius 1 is 1.17 bits per heavy atom. The molecule has 0 unspecified atom stereocenters. The molecule has 0 amide bonds. The van der Waals surface area contributed by atoms with Gasteiger partial charge in [0.15, 0.2) is 5.78 Å². The Morgan fingerprint density at radius 3 is 2.70 bits per heavy atom. The number of carbonyl (C=O) groups excluding carboxylic acids is 1. The van der Waals surface area contributed by atoms with Crippen molar-refractivity contribution < 1.29 is 14.7 Å². The van der Waals surface area contributed by atoms with Gasteiger partial charge < -0.3 is 5.11 Å². The van der Waals surface area contributed by atoms with E-state index in [1.807, 2.05) is 30.4 Å². The van der Waals surface area contributed by atoms with Crippen LogP contribution in [0.4, 0.5) is 0 Å². The molecular weight excluding hydrogens is 288 g/mol. The molecule has 0 spiro atoms. The third kappa shape index (κ3) is 8.34. The fourth-order valence-electron chi connectivity index (χ4n) is 2.51. The summed E-state index contributed by atoms with van der Waals surface area (Å²) >= 11 is 0. The summed E-state index contributed by atoms with van der Waals surface area (Å²) in [5.74, 6) is -0.496. The van der Waals surface area contributed by atoms with E-state index in [1.165, 1.54) is 19.3 Å². The zero-order valence-electron chi connectivity index (χ0n) is 14.0. The lowest BCUT2D eigenvalue weighted by atomic mass is 9.97. The zero-order chi connectivity index (χ0) is 16.9. The van der Waals surface area contributed by atoms with Crippen LogP contribution in [0.3, 0.4) is 0 Å². The first-order valence-electron chi connectivity index (χ1n) is 8.61. The molecule has 0 saturated heterocycles. The molecule has 0 radical (unpaired) electrons. The lowest BCUT2D eigenvalue weighted by Crippen LogP contribution is -2.01. The van der Waals surface area contributed by atoms with Gasteiger partial charge in [0.05, 0.1) is 0 Å². The summed E-state index contributed by atoms with van der Waals surface area (Å²) in [5.41, 5.74) is 0.854. The number of allylic oxidation sites excluding steroid dienone is 8. The Labute approximate surface area is 139 Å². The van der Waals surface area contributed by atoms with Crippen molar-refractivity contribution in [3.63, 3.8) is 0 Å². The van der Waals surface area contributed by atoms with Crippen LogP contribution in [0.1, 0.15) is 58.3 Å². The molecule has 1 N–H and O–H groups in total. The largest absolute Gasteiger partial charge is 0.481 e. The minimum absolute atomic E-state index is 0.104. The van der Waals surface area contributed by atoms with Crippen molar-refractivity contribution in [1.29, 1.82) is 0 Å². The highest BCUT2D eigenvalue weighted by atomic mass is 16.4. The van der Waals surface area contributed by atoms with E-state index in [1.54, 1.807) is 6.08 Å². The van der Waals surface area contributed by atoms with Crippen molar-refractivity contribution in [2.75, 3.05) is 0 Å². The van der Waals surface area contributed by atoms with E-state index in [-0.39, 0.29) is 18.1 Å². The normalized spacial score (nSPS) is 19.6. The summed E-state index contributed by atoms with van der Waals surface area (Å²) in [7, 11) is 0. The molecule has 3 heteroatoms. The van der Waals surface area contributed by atoms with E-state index >= 15 is 0 Å². The molecule has 0 bridgehead atoms. The molecule has 126 valence electrons. The average Bonchev–Trinajstić information content (AvgIpc) is 2.86. The van der Waals surface area contributed by atoms with Crippen molar-refractivity contribution in [3.05, 3.63) is 48.1 Å². The number of hydrogen-bond donors (Lipinski definition) is 1. The molecular formula is C20H28O3. The molecule has 1 aliphatic rings. The van der Waals surface area contributed by atoms with Crippen LogP contribution in [-0.2, 0) is 9.59 Å². The van der Waals surface area contributed by atoms with Gasteiger partial charge in [0, 0.05) is 17.9 Å². The fourth-order valence-corrected chi connectivity index (χ4v) is 2.51. The first-order valence-corrected chi connectivity index (χ1v) is 8.61. The topological polar surface area (TPSA) is 54.4 Å². The predicted molar refractivity (Wildman–Crippen MR) is 94.2 cm³/mol. The lowest BCUT2D eigenvalue weighted by Gasteiger charge is -2.06. The number of hydrogen-bond acceptors (Lipinski definition) is 2. The summed E-state index contributed by atoms with van der Waals surface area (Å²) in [6.45, 7) is 2.19. The summed E-state index contributed by atoms with van der Waals surface area (Å²) in [5, 5.41) is 8.57. The van der Waals surface area contributed by atoms with Gasteiger partial charge in [0.2, 0.25) is 0 Å². The number of unbranched alkanes of at least 4 members (excludes halogenated alkanes) is 4. The Hall–Kier alpha value is -1.90. The Morgan fingerprint density at radius 2 is 1.96 bits per heavy atom. The summed E-state index contributed by atoms with van der Waals surface area (Å²) in [6.07, 6.45) is 20.9. The number of carboxylic acids is 1. The van der Waals surface area contributed by atoms with Crippen LogP contribution in [0, 0.1) is 5.92 Å². The molecule has 1 aliphatic carbocycles. The molecule has 23 heavy (non-hydrogen) atoms. The molecule has 3 nitrogen and oxygen atoms in total. The fraction of sp³-hybridized carbons (Fsp3) is 0.500. The van der Waals surface area contributed by atoms with Crippen molar-refractivity contribution in [3.8, 4) is 0 Å². The van der Waals surface area contributed by atoms with E-state index < -0.39 is 5.97 Å². The Bertz CT molecular complexity index is 495. The zero-order valence-corrected chi connectivity index (χ0v) is 14.0. The van der Waals surface area contributed by atoms with Crippen LogP contribution in [0.5, 0.6) is 0 Å². The standard InChI is InChI=1S/C20H28O3/c1-2-3-4-5-6-10-13-18-17(15-16-19(18)21)12-9-7-8-11-14-20(22)23/h6-7,9-10,13,15-17H,2-5,8,11-12,14H2,1H3,(H,22,23)/b9-7+,10-6-,18-13+/t17-/m0/s1. The number of carboxylic acid groups (broad SMARTS) is 1. The van der Waals surface area contributed by atoms with Gasteiger partial charge in [0.25, 0.3) is 0 Å². The van der Waals surface area contributed by atoms with Crippen molar-refractivity contribution >= 4 is 11.8 Å². The summed E-state index contributed by atoms with van der Waals surface area (Å²) in [6, 6.07) is 0. The van der Waals surface area contributed by atoms with E-state index in [2.05, 4.69) is 13.0 Å². The summed E-state index contributed by atoms with van der Waals surface area (Å²) < 4.78 is 0. The molecule has 0 fully saturated rings. The van der Waals surface area contributed by atoms with Gasteiger partial charge >= 0.3 is 5.97 Å². The average molecular weight is 316 g/mol. The van der Waals surface area contributed by atoms with Gasteiger partial charge in [-0.3, -0.25) is 9.59 Å². The van der Waals surface area contributed by atoms with E-state index in [4.69, 9.17) is 5.11 Å². The first-order chi connectivity index (χ1) is 11.1. The monoisotopic (exact) mass is 316 g/mol. The van der Waals surface area contributed by atoms with Gasteiger partial charge in [-0.15, -0.1) is 0 Å². The highest BCUT2D eigenvalue weighted by Crippen LogP contribution is 2.25. The van der Waals surface area contributed by atoms with E-state index in [0.717, 1.165) is 24.8 Å².